The lowest BCUT2D eigenvalue weighted by molar-refractivity contribution is 0.167. The van der Waals surface area contributed by atoms with Crippen LogP contribution in [0.4, 0.5) is 5.69 Å². The molecule has 1 atom stereocenters. The monoisotopic (exact) mass is 255 g/mol. The van der Waals surface area contributed by atoms with Crippen molar-refractivity contribution in [3.05, 3.63) is 59.4 Å². The Labute approximate surface area is 115 Å². The Balaban J connectivity index is 2.10. The van der Waals surface area contributed by atoms with Gasteiger partial charge in [-0.3, -0.25) is 0 Å². The fourth-order valence-electron chi connectivity index (χ4n) is 2.09. The van der Waals surface area contributed by atoms with E-state index in [4.69, 9.17) is 4.74 Å². The van der Waals surface area contributed by atoms with Gasteiger partial charge in [-0.05, 0) is 49.3 Å². The van der Waals surface area contributed by atoms with E-state index in [0.717, 1.165) is 5.76 Å². The molecule has 2 rings (SSSR count). The number of benzene rings is 1. The lowest BCUT2D eigenvalue weighted by Gasteiger charge is -2.17. The van der Waals surface area contributed by atoms with E-state index < -0.39 is 0 Å². The second-order valence-electron chi connectivity index (χ2n) is 5.06. The Morgan fingerprint density at radius 2 is 1.79 bits per heavy atom. The van der Waals surface area contributed by atoms with Crippen molar-refractivity contribution in [2.24, 2.45) is 0 Å². The number of rotatable bonds is 3. The number of hydrogen-bond acceptors (Lipinski definition) is 2. The fraction of sp³-hybridized carbons (Fsp3) is 0.294. The lowest BCUT2D eigenvalue weighted by atomic mass is 10.1. The molecule has 2 heteroatoms. The molecule has 0 aliphatic carbocycles. The fourth-order valence-corrected chi connectivity index (χ4v) is 2.09. The highest BCUT2D eigenvalue weighted by Crippen LogP contribution is 2.18. The molecule has 19 heavy (non-hydrogen) atoms. The second kappa shape index (κ2) is 5.79. The lowest BCUT2D eigenvalue weighted by Crippen LogP contribution is -2.08. The summed E-state index contributed by atoms with van der Waals surface area (Å²) in [6, 6.07) is 8.51. The summed E-state index contributed by atoms with van der Waals surface area (Å²) < 4.78 is 5.56. The largest absolute Gasteiger partial charge is 0.491 e. The third kappa shape index (κ3) is 3.75. The van der Waals surface area contributed by atoms with Crippen LogP contribution >= 0.6 is 0 Å². The van der Waals surface area contributed by atoms with Crippen LogP contribution in [0.25, 0.3) is 6.08 Å². The minimum atomic E-state index is 0.153. The first-order chi connectivity index (χ1) is 9.04. The average Bonchev–Trinajstić information content (AvgIpc) is 2.36. The Hall–Kier alpha value is -1.96. The van der Waals surface area contributed by atoms with Gasteiger partial charge in [0.15, 0.2) is 0 Å². The van der Waals surface area contributed by atoms with Crippen molar-refractivity contribution in [3.63, 3.8) is 0 Å². The van der Waals surface area contributed by atoms with Gasteiger partial charge in [0, 0.05) is 19.8 Å². The van der Waals surface area contributed by atoms with Crippen molar-refractivity contribution in [1.29, 1.82) is 0 Å². The van der Waals surface area contributed by atoms with E-state index in [9.17, 15) is 0 Å². The highest BCUT2D eigenvalue weighted by molar-refractivity contribution is 5.58. The van der Waals surface area contributed by atoms with Crippen LogP contribution in [0.3, 0.4) is 0 Å². The van der Waals surface area contributed by atoms with Gasteiger partial charge in [-0.1, -0.05) is 24.3 Å². The molecule has 1 unspecified atom stereocenters. The van der Waals surface area contributed by atoms with E-state index in [0.29, 0.717) is 0 Å². The van der Waals surface area contributed by atoms with E-state index in [1.54, 1.807) is 0 Å². The molecule has 100 valence electrons. The third-order valence-corrected chi connectivity index (χ3v) is 3.05. The molecular weight excluding hydrogens is 234 g/mol. The molecule has 0 saturated heterocycles. The van der Waals surface area contributed by atoms with Crippen LogP contribution in [0, 0.1) is 0 Å². The van der Waals surface area contributed by atoms with Crippen molar-refractivity contribution in [1.82, 2.24) is 0 Å². The average molecular weight is 255 g/mol. The number of allylic oxidation sites excluding steroid dienone is 4. The Morgan fingerprint density at radius 3 is 2.37 bits per heavy atom. The number of anilines is 1. The molecule has 0 aromatic heterocycles. The molecule has 1 aromatic rings. The first-order valence-corrected chi connectivity index (χ1v) is 6.57. The van der Waals surface area contributed by atoms with Gasteiger partial charge in [-0.2, -0.15) is 0 Å². The number of ether oxygens (including phenoxy) is 1. The summed E-state index contributed by atoms with van der Waals surface area (Å²) in [6.45, 7) is 4.04. The van der Waals surface area contributed by atoms with Crippen molar-refractivity contribution >= 4 is 11.8 Å². The van der Waals surface area contributed by atoms with Crippen LogP contribution in [0.1, 0.15) is 19.4 Å². The summed E-state index contributed by atoms with van der Waals surface area (Å²) in [7, 11) is 4.10. The van der Waals surface area contributed by atoms with Gasteiger partial charge in [0.25, 0.3) is 0 Å². The third-order valence-electron chi connectivity index (χ3n) is 3.05. The second-order valence-corrected chi connectivity index (χ2v) is 5.06. The summed E-state index contributed by atoms with van der Waals surface area (Å²) in [5, 5.41) is 0. The quantitative estimate of drug-likeness (QED) is 0.809. The van der Waals surface area contributed by atoms with Crippen LogP contribution in [0.5, 0.6) is 0 Å². The van der Waals surface area contributed by atoms with E-state index in [2.05, 4.69) is 60.4 Å². The molecule has 0 saturated carbocycles. The van der Waals surface area contributed by atoms with Crippen molar-refractivity contribution in [2.75, 3.05) is 19.0 Å². The van der Waals surface area contributed by atoms with E-state index >= 15 is 0 Å². The minimum Gasteiger partial charge on any atom is -0.491 e. The molecular formula is C17H21NO. The standard InChI is InChI=1S/C17H21NO/c1-13-11-16(12-14(2)19-13)6-5-15-7-9-17(10-8-15)18(3)4/h5-13H,1-4H3/b6-5+. The smallest absolute Gasteiger partial charge is 0.114 e. The van der Waals surface area contributed by atoms with Crippen LogP contribution in [0.2, 0.25) is 0 Å². The van der Waals surface area contributed by atoms with E-state index in [1.807, 2.05) is 21.0 Å². The molecule has 0 bridgehead atoms. The molecule has 1 aliphatic rings. The van der Waals surface area contributed by atoms with E-state index in [1.165, 1.54) is 16.8 Å². The highest BCUT2D eigenvalue weighted by Gasteiger charge is 2.06. The van der Waals surface area contributed by atoms with Crippen LogP contribution < -0.4 is 4.90 Å². The SMILES string of the molecule is CC1=CC(/C=C/c2ccc(N(C)C)cc2)=CC(C)O1. The molecule has 1 aromatic carbocycles. The van der Waals surface area contributed by atoms with Gasteiger partial charge in [0.05, 0.1) is 5.76 Å². The molecule has 0 radical (unpaired) electrons. The first kappa shape index (κ1) is 13.5. The van der Waals surface area contributed by atoms with Gasteiger partial charge in [-0.15, -0.1) is 0 Å². The summed E-state index contributed by atoms with van der Waals surface area (Å²) >= 11 is 0. The van der Waals surface area contributed by atoms with Gasteiger partial charge in [0.1, 0.15) is 6.10 Å². The van der Waals surface area contributed by atoms with Crippen LogP contribution in [-0.2, 0) is 4.74 Å². The van der Waals surface area contributed by atoms with Gasteiger partial charge >= 0.3 is 0 Å². The maximum absolute atomic E-state index is 5.56. The van der Waals surface area contributed by atoms with Crippen molar-refractivity contribution in [2.45, 2.75) is 20.0 Å². The molecule has 0 amide bonds. The zero-order valence-electron chi connectivity index (χ0n) is 12.1. The van der Waals surface area contributed by atoms with Gasteiger partial charge in [0.2, 0.25) is 0 Å². The molecule has 0 N–H and O–H groups in total. The maximum Gasteiger partial charge on any atom is 0.114 e. The molecule has 0 fully saturated rings. The minimum absolute atomic E-state index is 0.153. The summed E-state index contributed by atoms with van der Waals surface area (Å²) in [5.41, 5.74) is 3.62. The Kier molecular flexibility index (Phi) is 4.10. The Bertz CT molecular complexity index is 521. The number of nitrogens with zero attached hydrogens (tertiary/aromatic N) is 1. The predicted molar refractivity (Wildman–Crippen MR) is 82.2 cm³/mol. The predicted octanol–water partition coefficient (Wildman–Crippen LogP) is 4.01. The maximum atomic E-state index is 5.56. The molecule has 2 nitrogen and oxygen atoms in total. The zero-order valence-corrected chi connectivity index (χ0v) is 12.1. The molecule has 1 aliphatic heterocycles. The van der Waals surface area contributed by atoms with Gasteiger partial charge < -0.3 is 9.64 Å². The molecule has 1 heterocycles. The summed E-state index contributed by atoms with van der Waals surface area (Å²) in [4.78, 5) is 2.10. The normalized spacial score (nSPS) is 18.8. The number of hydrogen-bond donors (Lipinski definition) is 0. The highest BCUT2D eigenvalue weighted by atomic mass is 16.5. The topological polar surface area (TPSA) is 12.5 Å². The summed E-state index contributed by atoms with van der Waals surface area (Å²) in [5.74, 6) is 0.970. The first-order valence-electron chi connectivity index (χ1n) is 6.57. The zero-order chi connectivity index (χ0) is 13.8. The van der Waals surface area contributed by atoms with Crippen LogP contribution in [0.15, 0.2) is 53.8 Å². The Morgan fingerprint density at radius 1 is 1.11 bits per heavy atom. The summed E-state index contributed by atoms with van der Waals surface area (Å²) in [6.07, 6.45) is 8.60. The van der Waals surface area contributed by atoms with Gasteiger partial charge in [-0.25, -0.2) is 0 Å². The van der Waals surface area contributed by atoms with Crippen molar-refractivity contribution < 1.29 is 4.74 Å². The molecule has 0 spiro atoms. The van der Waals surface area contributed by atoms with Crippen LogP contribution in [-0.4, -0.2) is 20.2 Å². The van der Waals surface area contributed by atoms with E-state index in [-0.39, 0.29) is 6.10 Å². The van der Waals surface area contributed by atoms with Crippen molar-refractivity contribution in [3.8, 4) is 0 Å².